The number of carbonyl (C=O) groups is 2. The Morgan fingerprint density at radius 2 is 1.95 bits per heavy atom. The largest absolute Gasteiger partial charge is 0.478 e. The Labute approximate surface area is 114 Å². The smallest absolute Gasteiger partial charge is 0.337 e. The maximum absolute atomic E-state index is 11.9. The number of benzene rings is 1. The standard InChI is InChI=1S/C14H9N3O3/c15-7-9-3-1-2-4-11(9)17-13(18)12-6-5-10(8-16-12)14(19)20/h1-6,8H,(H,17,18)(H,19,20). The molecule has 1 amide bonds. The van der Waals surface area contributed by atoms with E-state index in [4.69, 9.17) is 10.4 Å². The summed E-state index contributed by atoms with van der Waals surface area (Å²) in [7, 11) is 0. The van der Waals surface area contributed by atoms with Gasteiger partial charge in [-0.3, -0.25) is 9.78 Å². The van der Waals surface area contributed by atoms with Crippen molar-refractivity contribution in [2.24, 2.45) is 0 Å². The first-order valence-corrected chi connectivity index (χ1v) is 5.61. The van der Waals surface area contributed by atoms with Crippen LogP contribution in [-0.2, 0) is 0 Å². The van der Waals surface area contributed by atoms with E-state index in [1.165, 1.54) is 12.1 Å². The van der Waals surface area contributed by atoms with Crippen molar-refractivity contribution in [2.75, 3.05) is 5.32 Å². The van der Waals surface area contributed by atoms with Gasteiger partial charge in [-0.2, -0.15) is 5.26 Å². The van der Waals surface area contributed by atoms with Crippen molar-refractivity contribution in [3.8, 4) is 6.07 Å². The lowest BCUT2D eigenvalue weighted by Gasteiger charge is -2.06. The van der Waals surface area contributed by atoms with Gasteiger partial charge in [0.2, 0.25) is 0 Å². The number of aromatic nitrogens is 1. The number of nitrogens with zero attached hydrogens (tertiary/aromatic N) is 2. The van der Waals surface area contributed by atoms with Crippen molar-refractivity contribution in [3.63, 3.8) is 0 Å². The van der Waals surface area contributed by atoms with Gasteiger partial charge in [0.05, 0.1) is 16.8 Å². The summed E-state index contributed by atoms with van der Waals surface area (Å²) < 4.78 is 0. The molecule has 20 heavy (non-hydrogen) atoms. The summed E-state index contributed by atoms with van der Waals surface area (Å²) in [5, 5.41) is 20.2. The second-order valence-electron chi connectivity index (χ2n) is 3.85. The lowest BCUT2D eigenvalue weighted by Crippen LogP contribution is -2.14. The van der Waals surface area contributed by atoms with E-state index in [2.05, 4.69) is 10.3 Å². The van der Waals surface area contributed by atoms with E-state index in [0.717, 1.165) is 6.20 Å². The van der Waals surface area contributed by atoms with Crippen LogP contribution in [0.5, 0.6) is 0 Å². The number of nitriles is 1. The Balaban J connectivity index is 2.20. The van der Waals surface area contributed by atoms with E-state index < -0.39 is 11.9 Å². The first-order valence-electron chi connectivity index (χ1n) is 5.61. The molecule has 2 aromatic rings. The highest BCUT2D eigenvalue weighted by Crippen LogP contribution is 2.14. The molecule has 1 heterocycles. The minimum Gasteiger partial charge on any atom is -0.478 e. The minimum absolute atomic E-state index is 0.000949. The maximum atomic E-state index is 11.9. The molecule has 0 radical (unpaired) electrons. The number of aromatic carboxylic acids is 1. The van der Waals surface area contributed by atoms with Crippen LogP contribution >= 0.6 is 0 Å². The summed E-state index contributed by atoms with van der Waals surface area (Å²) in [6.07, 6.45) is 1.10. The zero-order valence-corrected chi connectivity index (χ0v) is 10.2. The molecule has 1 aromatic carbocycles. The van der Waals surface area contributed by atoms with Crippen LogP contribution < -0.4 is 5.32 Å². The zero-order valence-electron chi connectivity index (χ0n) is 10.2. The fourth-order valence-corrected chi connectivity index (χ4v) is 1.53. The molecule has 0 fully saturated rings. The normalized spacial score (nSPS) is 9.55. The van der Waals surface area contributed by atoms with Crippen molar-refractivity contribution in [1.82, 2.24) is 4.98 Å². The van der Waals surface area contributed by atoms with Crippen molar-refractivity contribution >= 4 is 17.6 Å². The molecule has 6 heteroatoms. The van der Waals surface area contributed by atoms with Crippen molar-refractivity contribution in [2.45, 2.75) is 0 Å². The van der Waals surface area contributed by atoms with E-state index in [-0.39, 0.29) is 11.3 Å². The van der Waals surface area contributed by atoms with Gasteiger partial charge in [0.15, 0.2) is 0 Å². The monoisotopic (exact) mass is 267 g/mol. The number of nitrogens with one attached hydrogen (secondary N) is 1. The molecule has 6 nitrogen and oxygen atoms in total. The highest BCUT2D eigenvalue weighted by Gasteiger charge is 2.11. The van der Waals surface area contributed by atoms with Gasteiger partial charge in [-0.1, -0.05) is 12.1 Å². The van der Waals surface area contributed by atoms with Gasteiger partial charge in [0, 0.05) is 6.20 Å². The van der Waals surface area contributed by atoms with Crippen LogP contribution in [0.2, 0.25) is 0 Å². The third-order valence-corrected chi connectivity index (χ3v) is 2.54. The molecule has 0 unspecified atom stereocenters. The second-order valence-corrected chi connectivity index (χ2v) is 3.85. The molecule has 0 bridgehead atoms. The number of carbonyl (C=O) groups excluding carboxylic acids is 1. The third kappa shape index (κ3) is 2.79. The highest BCUT2D eigenvalue weighted by molar-refractivity contribution is 6.03. The number of anilines is 1. The number of pyridine rings is 1. The third-order valence-electron chi connectivity index (χ3n) is 2.54. The van der Waals surface area contributed by atoms with Gasteiger partial charge in [0.1, 0.15) is 11.8 Å². The number of carboxylic acid groups (broad SMARTS) is 1. The Hall–Kier alpha value is -3.20. The van der Waals surface area contributed by atoms with E-state index in [1.54, 1.807) is 24.3 Å². The van der Waals surface area contributed by atoms with E-state index in [0.29, 0.717) is 11.3 Å². The van der Waals surface area contributed by atoms with Crippen LogP contribution in [0.25, 0.3) is 0 Å². The second kappa shape index (κ2) is 5.63. The molecule has 0 spiro atoms. The minimum atomic E-state index is -1.11. The Morgan fingerprint density at radius 3 is 2.55 bits per heavy atom. The fourth-order valence-electron chi connectivity index (χ4n) is 1.53. The molecule has 0 aliphatic carbocycles. The number of carboxylic acids is 1. The predicted octanol–water partition coefficient (Wildman–Crippen LogP) is 1.90. The summed E-state index contributed by atoms with van der Waals surface area (Å²) in [4.78, 5) is 26.4. The van der Waals surface area contributed by atoms with Crippen LogP contribution in [0.1, 0.15) is 26.4 Å². The van der Waals surface area contributed by atoms with Crippen LogP contribution in [0.15, 0.2) is 42.6 Å². The molecule has 98 valence electrons. The summed E-state index contributed by atoms with van der Waals surface area (Å²) in [5.74, 6) is -1.62. The lowest BCUT2D eigenvalue weighted by atomic mass is 10.2. The van der Waals surface area contributed by atoms with Gasteiger partial charge < -0.3 is 10.4 Å². The molecule has 2 N–H and O–H groups in total. The predicted molar refractivity (Wildman–Crippen MR) is 70.3 cm³/mol. The molecule has 2 rings (SSSR count). The van der Waals surface area contributed by atoms with E-state index in [9.17, 15) is 9.59 Å². The molecule has 0 saturated heterocycles. The molecule has 0 aliphatic rings. The topological polar surface area (TPSA) is 103 Å². The van der Waals surface area contributed by atoms with Crippen LogP contribution in [0, 0.1) is 11.3 Å². The number of hydrogen-bond acceptors (Lipinski definition) is 4. The number of rotatable bonds is 3. The summed E-state index contributed by atoms with van der Waals surface area (Å²) in [6, 6.07) is 11.1. The Morgan fingerprint density at radius 1 is 1.20 bits per heavy atom. The Kier molecular flexibility index (Phi) is 3.72. The average Bonchev–Trinajstić information content (AvgIpc) is 2.48. The van der Waals surface area contributed by atoms with Crippen molar-refractivity contribution in [3.05, 3.63) is 59.4 Å². The first kappa shape index (κ1) is 13.2. The molecule has 0 saturated carbocycles. The number of para-hydroxylation sites is 1. The number of hydrogen-bond donors (Lipinski definition) is 2. The quantitative estimate of drug-likeness (QED) is 0.884. The molecule has 0 aliphatic heterocycles. The van der Waals surface area contributed by atoms with Crippen LogP contribution in [0.4, 0.5) is 5.69 Å². The highest BCUT2D eigenvalue weighted by atomic mass is 16.4. The number of amides is 1. The summed E-state index contributed by atoms with van der Waals surface area (Å²) >= 11 is 0. The van der Waals surface area contributed by atoms with E-state index >= 15 is 0 Å². The molecular weight excluding hydrogens is 258 g/mol. The lowest BCUT2D eigenvalue weighted by molar-refractivity contribution is 0.0696. The molecular formula is C14H9N3O3. The van der Waals surface area contributed by atoms with Gasteiger partial charge in [-0.05, 0) is 24.3 Å². The van der Waals surface area contributed by atoms with Gasteiger partial charge in [0.25, 0.3) is 5.91 Å². The maximum Gasteiger partial charge on any atom is 0.337 e. The zero-order chi connectivity index (χ0) is 14.5. The summed E-state index contributed by atoms with van der Waals surface area (Å²) in [6.45, 7) is 0. The van der Waals surface area contributed by atoms with Gasteiger partial charge in [-0.25, -0.2) is 4.79 Å². The van der Waals surface area contributed by atoms with Gasteiger partial charge in [-0.15, -0.1) is 0 Å². The Bertz CT molecular complexity index is 702. The van der Waals surface area contributed by atoms with Crippen molar-refractivity contribution < 1.29 is 14.7 Å². The average molecular weight is 267 g/mol. The van der Waals surface area contributed by atoms with Crippen LogP contribution in [0.3, 0.4) is 0 Å². The van der Waals surface area contributed by atoms with Crippen LogP contribution in [-0.4, -0.2) is 22.0 Å². The first-order chi connectivity index (χ1) is 9.61. The SMILES string of the molecule is N#Cc1ccccc1NC(=O)c1ccc(C(=O)O)cn1. The molecule has 1 aromatic heterocycles. The van der Waals surface area contributed by atoms with Gasteiger partial charge >= 0.3 is 5.97 Å². The fraction of sp³-hybridized carbons (Fsp3) is 0. The van der Waals surface area contributed by atoms with E-state index in [1.807, 2.05) is 6.07 Å². The summed E-state index contributed by atoms with van der Waals surface area (Å²) in [5.41, 5.74) is 0.786. The van der Waals surface area contributed by atoms with Crippen molar-refractivity contribution in [1.29, 1.82) is 5.26 Å². The molecule has 0 atom stereocenters.